The minimum atomic E-state index is -3.23. The van der Waals surface area contributed by atoms with Crippen molar-refractivity contribution in [2.45, 2.75) is 31.7 Å². The number of aromatic nitrogens is 2. The van der Waals surface area contributed by atoms with E-state index in [1.807, 2.05) is 0 Å². The molecule has 0 unspecified atom stereocenters. The first-order valence-corrected chi connectivity index (χ1v) is 10.0. The Bertz CT molecular complexity index is 589. The first kappa shape index (κ1) is 16.6. The molecule has 2 aliphatic heterocycles. The fourth-order valence-corrected chi connectivity index (χ4v) is 4.59. The van der Waals surface area contributed by atoms with E-state index in [0.717, 1.165) is 32.5 Å². The van der Waals surface area contributed by atoms with Gasteiger partial charge in [0, 0.05) is 38.1 Å². The van der Waals surface area contributed by atoms with E-state index in [0.29, 0.717) is 19.0 Å². The van der Waals surface area contributed by atoms with Crippen LogP contribution in [0.4, 0.5) is 5.95 Å². The summed E-state index contributed by atoms with van der Waals surface area (Å²) in [5.74, 6) is 0.860. The number of rotatable bonds is 6. The number of hydrogen-bond donors (Lipinski definition) is 1. The molecule has 7 nitrogen and oxygen atoms in total. The zero-order valence-corrected chi connectivity index (χ0v) is 14.2. The highest BCUT2D eigenvalue weighted by molar-refractivity contribution is 7.89. The minimum absolute atomic E-state index is 0.0591. The van der Waals surface area contributed by atoms with Gasteiger partial charge in [0.15, 0.2) is 0 Å². The molecule has 0 aromatic carbocycles. The number of nitrogens with zero attached hydrogens (tertiary/aromatic N) is 4. The fraction of sp³-hybridized carbons (Fsp3) is 0.733. The molecule has 0 aliphatic carbocycles. The lowest BCUT2D eigenvalue weighted by atomic mass is 10.1. The molecular formula is C15H25N5O2S. The van der Waals surface area contributed by atoms with E-state index in [1.54, 1.807) is 18.5 Å². The predicted octanol–water partition coefficient (Wildman–Crippen LogP) is 0.461. The van der Waals surface area contributed by atoms with Gasteiger partial charge in [-0.1, -0.05) is 0 Å². The molecule has 0 spiro atoms. The van der Waals surface area contributed by atoms with Crippen LogP contribution in [0.1, 0.15) is 25.7 Å². The Labute approximate surface area is 138 Å². The van der Waals surface area contributed by atoms with Crippen LogP contribution >= 0.6 is 0 Å². The third-order valence-electron chi connectivity index (χ3n) is 4.48. The van der Waals surface area contributed by atoms with Gasteiger partial charge >= 0.3 is 0 Å². The first-order valence-electron chi connectivity index (χ1n) is 8.37. The molecule has 2 aliphatic rings. The molecule has 23 heavy (non-hydrogen) atoms. The van der Waals surface area contributed by atoms with Crippen LogP contribution in [0, 0.1) is 0 Å². The molecule has 0 saturated carbocycles. The minimum Gasteiger partial charge on any atom is -0.339 e. The van der Waals surface area contributed by atoms with Gasteiger partial charge in [-0.05, 0) is 44.8 Å². The Morgan fingerprint density at radius 2 is 1.87 bits per heavy atom. The number of nitrogens with one attached hydrogen (secondary N) is 1. The second-order valence-corrected chi connectivity index (χ2v) is 8.19. The van der Waals surface area contributed by atoms with Crippen LogP contribution in [0.2, 0.25) is 0 Å². The van der Waals surface area contributed by atoms with Gasteiger partial charge < -0.3 is 9.80 Å². The third-order valence-corrected chi connectivity index (χ3v) is 5.89. The van der Waals surface area contributed by atoms with Crippen molar-refractivity contribution in [3.63, 3.8) is 0 Å². The number of anilines is 1. The van der Waals surface area contributed by atoms with Gasteiger partial charge in [-0.25, -0.2) is 23.1 Å². The molecule has 1 aromatic rings. The van der Waals surface area contributed by atoms with Crippen molar-refractivity contribution in [1.29, 1.82) is 0 Å². The summed E-state index contributed by atoms with van der Waals surface area (Å²) in [6.45, 7) is 4.19. The van der Waals surface area contributed by atoms with E-state index in [2.05, 4.69) is 24.5 Å². The average Bonchev–Trinajstić information content (AvgIpc) is 3.07. The van der Waals surface area contributed by atoms with Gasteiger partial charge in [0.1, 0.15) is 0 Å². The van der Waals surface area contributed by atoms with Gasteiger partial charge in [-0.3, -0.25) is 0 Å². The van der Waals surface area contributed by atoms with E-state index in [4.69, 9.17) is 0 Å². The van der Waals surface area contributed by atoms with E-state index >= 15 is 0 Å². The molecule has 1 atom stereocenters. The highest BCUT2D eigenvalue weighted by Gasteiger charge is 2.26. The van der Waals surface area contributed by atoms with Crippen molar-refractivity contribution in [2.24, 2.45) is 0 Å². The molecule has 3 rings (SSSR count). The number of sulfonamides is 1. The Kier molecular flexibility index (Phi) is 5.45. The maximum atomic E-state index is 12.3. The van der Waals surface area contributed by atoms with Crippen LogP contribution in [0.5, 0.6) is 0 Å². The zero-order chi connectivity index (χ0) is 16.1. The van der Waals surface area contributed by atoms with Crippen LogP contribution in [-0.2, 0) is 10.0 Å². The molecule has 0 bridgehead atoms. The van der Waals surface area contributed by atoms with Crippen LogP contribution < -0.4 is 9.62 Å². The van der Waals surface area contributed by atoms with Crippen LogP contribution in [0.25, 0.3) is 0 Å². The Balaban J connectivity index is 1.52. The summed E-state index contributed by atoms with van der Waals surface area (Å²) in [6.07, 6.45) is 7.60. The van der Waals surface area contributed by atoms with Crippen molar-refractivity contribution >= 4 is 16.0 Å². The van der Waals surface area contributed by atoms with E-state index in [-0.39, 0.29) is 11.8 Å². The highest BCUT2D eigenvalue weighted by Crippen LogP contribution is 2.16. The molecule has 0 radical (unpaired) electrons. The van der Waals surface area contributed by atoms with Gasteiger partial charge in [0.2, 0.25) is 16.0 Å². The summed E-state index contributed by atoms with van der Waals surface area (Å²) >= 11 is 0. The molecule has 3 heterocycles. The van der Waals surface area contributed by atoms with Crippen LogP contribution in [-0.4, -0.2) is 67.8 Å². The second-order valence-electron chi connectivity index (χ2n) is 6.32. The summed E-state index contributed by atoms with van der Waals surface area (Å²) in [4.78, 5) is 12.8. The van der Waals surface area contributed by atoms with Crippen molar-refractivity contribution in [1.82, 2.24) is 19.6 Å². The summed E-state index contributed by atoms with van der Waals surface area (Å²) in [6, 6.07) is 1.72. The number of likely N-dealkylation sites (tertiary alicyclic amines) is 1. The molecule has 8 heteroatoms. The summed E-state index contributed by atoms with van der Waals surface area (Å²) < 4.78 is 27.5. The summed E-state index contributed by atoms with van der Waals surface area (Å²) in [5, 5.41) is 0. The lowest BCUT2D eigenvalue weighted by molar-refractivity contribution is 0.357. The van der Waals surface area contributed by atoms with Gasteiger partial charge in [-0.15, -0.1) is 0 Å². The zero-order valence-electron chi connectivity index (χ0n) is 13.4. The molecule has 2 fully saturated rings. The molecular weight excluding hydrogens is 314 g/mol. The molecule has 0 amide bonds. The van der Waals surface area contributed by atoms with E-state index < -0.39 is 10.0 Å². The predicted molar refractivity (Wildman–Crippen MR) is 89.9 cm³/mol. The van der Waals surface area contributed by atoms with Gasteiger partial charge in [0.05, 0.1) is 5.75 Å². The highest BCUT2D eigenvalue weighted by atomic mass is 32.2. The van der Waals surface area contributed by atoms with Crippen molar-refractivity contribution in [3.05, 3.63) is 18.5 Å². The Morgan fingerprint density at radius 1 is 1.13 bits per heavy atom. The number of piperidine rings is 1. The largest absolute Gasteiger partial charge is 0.339 e. The topological polar surface area (TPSA) is 78.4 Å². The molecule has 2 saturated heterocycles. The third kappa shape index (κ3) is 4.86. The first-order chi connectivity index (χ1) is 11.1. The molecule has 1 N–H and O–H groups in total. The average molecular weight is 339 g/mol. The Hall–Kier alpha value is -1.25. The normalized spacial score (nSPS) is 23.3. The second kappa shape index (κ2) is 7.55. The van der Waals surface area contributed by atoms with Crippen LogP contribution in [0.3, 0.4) is 0 Å². The quantitative estimate of drug-likeness (QED) is 0.811. The fourth-order valence-electron chi connectivity index (χ4n) is 3.28. The van der Waals surface area contributed by atoms with Gasteiger partial charge in [0.25, 0.3) is 0 Å². The summed E-state index contributed by atoms with van der Waals surface area (Å²) in [7, 11) is -3.23. The molecule has 1 aromatic heterocycles. The number of hydrogen-bond acceptors (Lipinski definition) is 6. The smallest absolute Gasteiger partial charge is 0.225 e. The van der Waals surface area contributed by atoms with Crippen molar-refractivity contribution in [2.75, 3.05) is 43.4 Å². The van der Waals surface area contributed by atoms with Crippen LogP contribution in [0.15, 0.2) is 18.5 Å². The SMILES string of the molecule is O=S(=O)(CCN1CCCC1)N[C@H]1CCCN(c2ncccn2)C1. The van der Waals surface area contributed by atoms with Gasteiger partial charge in [-0.2, -0.15) is 0 Å². The monoisotopic (exact) mass is 339 g/mol. The lowest BCUT2D eigenvalue weighted by Gasteiger charge is -2.33. The summed E-state index contributed by atoms with van der Waals surface area (Å²) in [5.41, 5.74) is 0. The van der Waals surface area contributed by atoms with Crippen molar-refractivity contribution in [3.8, 4) is 0 Å². The van der Waals surface area contributed by atoms with E-state index in [1.165, 1.54) is 12.8 Å². The maximum Gasteiger partial charge on any atom is 0.225 e. The molecule has 128 valence electrons. The van der Waals surface area contributed by atoms with Crippen molar-refractivity contribution < 1.29 is 8.42 Å². The Morgan fingerprint density at radius 3 is 2.61 bits per heavy atom. The lowest BCUT2D eigenvalue weighted by Crippen LogP contribution is -2.49. The standard InChI is InChI=1S/C15H25N5O2S/c21-23(22,12-11-19-8-1-2-9-19)18-14-5-3-10-20(13-14)15-16-6-4-7-17-15/h4,6-7,14,18H,1-3,5,8-13H2/t14-/m0/s1. The van der Waals surface area contributed by atoms with E-state index in [9.17, 15) is 8.42 Å². The maximum absolute atomic E-state index is 12.3.